The first-order valence-corrected chi connectivity index (χ1v) is 7.51. The number of carbonyl (C=O) groups excluding carboxylic acids is 1. The largest absolute Gasteiger partial charge is 0.480 e. The Morgan fingerprint density at radius 3 is 2.91 bits per heavy atom. The van der Waals surface area contributed by atoms with E-state index in [-0.39, 0.29) is 30.5 Å². The molecule has 2 heterocycles. The number of methoxy groups -OCH3 is 1. The summed E-state index contributed by atoms with van der Waals surface area (Å²) in [5.41, 5.74) is 6.94. The molecule has 0 radical (unpaired) electrons. The molecular weight excluding hydrogens is 304 g/mol. The van der Waals surface area contributed by atoms with Gasteiger partial charge in [0.15, 0.2) is 6.10 Å². The van der Waals surface area contributed by atoms with Crippen molar-refractivity contribution in [2.45, 2.75) is 37.5 Å². The Morgan fingerprint density at radius 2 is 2.23 bits per heavy atom. The van der Waals surface area contributed by atoms with Gasteiger partial charge in [0.2, 0.25) is 0 Å². The third-order valence-corrected chi connectivity index (χ3v) is 4.48. The number of halogens is 1. The van der Waals surface area contributed by atoms with Crippen LogP contribution in [0.3, 0.4) is 0 Å². The number of likely N-dealkylation sites (tertiary alicyclic amines) is 1. The highest BCUT2D eigenvalue weighted by atomic mass is 35.5. The summed E-state index contributed by atoms with van der Waals surface area (Å²) in [6.45, 7) is 1.15. The molecule has 3 unspecified atom stereocenters. The normalized spacial score (nSPS) is 26.8. The molecule has 0 aliphatic carbocycles. The highest BCUT2D eigenvalue weighted by molar-refractivity contribution is 5.85. The van der Waals surface area contributed by atoms with Gasteiger partial charge in [-0.25, -0.2) is 0 Å². The first-order chi connectivity index (χ1) is 10.2. The molecule has 2 aliphatic rings. The molecular formula is C16H23ClN2O3. The van der Waals surface area contributed by atoms with E-state index in [1.54, 1.807) is 7.11 Å². The van der Waals surface area contributed by atoms with E-state index >= 15 is 0 Å². The fourth-order valence-electron chi connectivity index (χ4n) is 3.25. The number of hydrogen-bond acceptors (Lipinski definition) is 4. The number of hydrogen-bond donors (Lipinski definition) is 1. The van der Waals surface area contributed by atoms with Crippen LogP contribution in [0.2, 0.25) is 0 Å². The second-order valence-corrected chi connectivity index (χ2v) is 5.72. The molecule has 2 N–H and O–H groups in total. The summed E-state index contributed by atoms with van der Waals surface area (Å²) < 4.78 is 11.2. The van der Waals surface area contributed by atoms with Gasteiger partial charge in [-0.05, 0) is 24.5 Å². The zero-order chi connectivity index (χ0) is 14.8. The lowest BCUT2D eigenvalue weighted by atomic mass is 9.98. The van der Waals surface area contributed by atoms with Crippen molar-refractivity contribution in [1.82, 2.24) is 4.90 Å². The Morgan fingerprint density at radius 1 is 1.45 bits per heavy atom. The summed E-state index contributed by atoms with van der Waals surface area (Å²) in [7, 11) is 1.71. The van der Waals surface area contributed by atoms with Crippen molar-refractivity contribution < 1.29 is 14.3 Å². The maximum Gasteiger partial charge on any atom is 0.264 e. The standard InChI is InChI=1S/C16H22N2O3.ClH/c1-20-13-6-7-18(12(9-13)10-17)16(19)15-8-11-4-2-3-5-14(11)21-15;/h2-5,12-13,15H,6-10,17H2,1H3;1H. The fraction of sp³-hybridized carbons (Fsp3) is 0.562. The van der Waals surface area contributed by atoms with Gasteiger partial charge >= 0.3 is 0 Å². The number of carbonyl (C=O) groups is 1. The van der Waals surface area contributed by atoms with Crippen LogP contribution in [0.5, 0.6) is 5.75 Å². The maximum atomic E-state index is 12.7. The van der Waals surface area contributed by atoms with Crippen LogP contribution in [0.1, 0.15) is 18.4 Å². The van der Waals surface area contributed by atoms with Crippen molar-refractivity contribution in [2.24, 2.45) is 5.73 Å². The number of amides is 1. The third-order valence-electron chi connectivity index (χ3n) is 4.48. The SMILES string of the molecule is COC1CCN(C(=O)C2Cc3ccccc3O2)C(CN)C1.Cl. The Bertz CT molecular complexity index is 501. The Hall–Kier alpha value is -1.30. The van der Waals surface area contributed by atoms with Crippen molar-refractivity contribution in [2.75, 3.05) is 20.2 Å². The van der Waals surface area contributed by atoms with Gasteiger partial charge in [0.1, 0.15) is 5.75 Å². The number of ether oxygens (including phenoxy) is 2. The summed E-state index contributed by atoms with van der Waals surface area (Å²) in [6, 6.07) is 7.88. The van der Waals surface area contributed by atoms with Gasteiger partial charge in [0.25, 0.3) is 5.91 Å². The van der Waals surface area contributed by atoms with Gasteiger partial charge in [-0.1, -0.05) is 18.2 Å². The van der Waals surface area contributed by atoms with E-state index < -0.39 is 6.10 Å². The van der Waals surface area contributed by atoms with Crippen molar-refractivity contribution in [3.05, 3.63) is 29.8 Å². The number of rotatable bonds is 3. The molecule has 1 aromatic rings. The van der Waals surface area contributed by atoms with Gasteiger partial charge < -0.3 is 20.1 Å². The molecule has 0 spiro atoms. The quantitative estimate of drug-likeness (QED) is 0.911. The van der Waals surface area contributed by atoms with Crippen molar-refractivity contribution >= 4 is 18.3 Å². The number of piperidine rings is 1. The van der Waals surface area contributed by atoms with E-state index in [0.717, 1.165) is 24.2 Å². The van der Waals surface area contributed by atoms with Crippen LogP contribution in [0.25, 0.3) is 0 Å². The number of nitrogens with zero attached hydrogens (tertiary/aromatic N) is 1. The van der Waals surface area contributed by atoms with Crippen LogP contribution in [-0.2, 0) is 16.0 Å². The summed E-state index contributed by atoms with van der Waals surface area (Å²) in [5.74, 6) is 0.878. The Balaban J connectivity index is 0.00000176. The first kappa shape index (κ1) is 17.1. The van der Waals surface area contributed by atoms with E-state index in [9.17, 15) is 4.79 Å². The van der Waals surface area contributed by atoms with Crippen LogP contribution in [0.4, 0.5) is 0 Å². The minimum Gasteiger partial charge on any atom is -0.480 e. The lowest BCUT2D eigenvalue weighted by Gasteiger charge is -2.39. The molecule has 0 aromatic heterocycles. The van der Waals surface area contributed by atoms with E-state index in [0.29, 0.717) is 19.5 Å². The van der Waals surface area contributed by atoms with Crippen LogP contribution in [0.15, 0.2) is 24.3 Å². The monoisotopic (exact) mass is 326 g/mol. The molecule has 1 aromatic carbocycles. The molecule has 1 amide bonds. The van der Waals surface area contributed by atoms with E-state index in [1.807, 2.05) is 29.2 Å². The molecule has 2 aliphatic heterocycles. The molecule has 3 atom stereocenters. The average Bonchev–Trinajstić information content (AvgIpc) is 2.97. The van der Waals surface area contributed by atoms with Crippen LogP contribution in [0, 0.1) is 0 Å². The lowest BCUT2D eigenvalue weighted by molar-refractivity contribution is -0.143. The first-order valence-electron chi connectivity index (χ1n) is 7.51. The van der Waals surface area contributed by atoms with E-state index in [1.165, 1.54) is 0 Å². The van der Waals surface area contributed by atoms with Crippen molar-refractivity contribution in [3.63, 3.8) is 0 Å². The minimum atomic E-state index is -0.407. The average molecular weight is 327 g/mol. The molecule has 1 fully saturated rings. The maximum absolute atomic E-state index is 12.7. The van der Waals surface area contributed by atoms with Gasteiger partial charge in [-0.2, -0.15) is 0 Å². The fourth-order valence-corrected chi connectivity index (χ4v) is 3.25. The Labute approximate surface area is 137 Å². The summed E-state index contributed by atoms with van der Waals surface area (Å²) in [5, 5.41) is 0. The zero-order valence-electron chi connectivity index (χ0n) is 12.7. The van der Waals surface area contributed by atoms with Gasteiger partial charge in [-0.3, -0.25) is 4.79 Å². The lowest BCUT2D eigenvalue weighted by Crippen LogP contribution is -2.54. The third kappa shape index (κ3) is 3.21. The summed E-state index contributed by atoms with van der Waals surface area (Å²) in [6.07, 6.45) is 2.10. The number of benzene rings is 1. The molecule has 0 bridgehead atoms. The summed E-state index contributed by atoms with van der Waals surface area (Å²) >= 11 is 0. The second-order valence-electron chi connectivity index (χ2n) is 5.72. The molecule has 5 nitrogen and oxygen atoms in total. The molecule has 22 heavy (non-hydrogen) atoms. The van der Waals surface area contributed by atoms with Gasteiger partial charge in [-0.15, -0.1) is 12.4 Å². The molecule has 122 valence electrons. The molecule has 1 saturated heterocycles. The van der Waals surface area contributed by atoms with Crippen molar-refractivity contribution in [1.29, 1.82) is 0 Å². The Kier molecular flexibility index (Phi) is 5.67. The smallest absolute Gasteiger partial charge is 0.264 e. The van der Waals surface area contributed by atoms with Gasteiger partial charge in [0.05, 0.1) is 6.10 Å². The van der Waals surface area contributed by atoms with Crippen LogP contribution < -0.4 is 10.5 Å². The predicted octanol–water partition coefficient (Wildman–Crippen LogP) is 1.38. The summed E-state index contributed by atoms with van der Waals surface area (Å²) in [4.78, 5) is 14.6. The second kappa shape index (κ2) is 7.31. The molecule has 3 rings (SSSR count). The topological polar surface area (TPSA) is 64.8 Å². The number of nitrogens with two attached hydrogens (primary N) is 1. The predicted molar refractivity (Wildman–Crippen MR) is 86.4 cm³/mol. The van der Waals surface area contributed by atoms with Crippen LogP contribution >= 0.6 is 12.4 Å². The highest BCUT2D eigenvalue weighted by Crippen LogP contribution is 2.30. The zero-order valence-corrected chi connectivity index (χ0v) is 13.6. The highest BCUT2D eigenvalue weighted by Gasteiger charge is 2.37. The number of para-hydroxylation sites is 1. The molecule has 6 heteroatoms. The van der Waals surface area contributed by atoms with Crippen molar-refractivity contribution in [3.8, 4) is 5.75 Å². The minimum absolute atomic E-state index is 0. The van der Waals surface area contributed by atoms with Crippen LogP contribution in [-0.4, -0.2) is 49.3 Å². The van der Waals surface area contributed by atoms with E-state index in [2.05, 4.69) is 0 Å². The van der Waals surface area contributed by atoms with Gasteiger partial charge in [0, 0.05) is 32.7 Å². The van der Waals surface area contributed by atoms with E-state index in [4.69, 9.17) is 15.2 Å². The molecule has 0 saturated carbocycles. The number of fused-ring (bicyclic) bond motifs is 1.